The van der Waals surface area contributed by atoms with Crippen LogP contribution in [0.1, 0.15) is 37.0 Å². The first-order valence-corrected chi connectivity index (χ1v) is 10.2. The van der Waals surface area contributed by atoms with Crippen LogP contribution in [-0.4, -0.2) is 26.9 Å². The van der Waals surface area contributed by atoms with E-state index < -0.39 is 0 Å². The molecule has 1 saturated carbocycles. The van der Waals surface area contributed by atoms with Crippen LogP contribution in [0.4, 0.5) is 11.5 Å². The summed E-state index contributed by atoms with van der Waals surface area (Å²) in [4.78, 5) is 21.3. The van der Waals surface area contributed by atoms with E-state index in [2.05, 4.69) is 21.7 Å². The average molecular weight is 412 g/mol. The Morgan fingerprint density at radius 3 is 2.84 bits per heavy atom. The molecule has 0 amide bonds. The van der Waals surface area contributed by atoms with E-state index in [-0.39, 0.29) is 11.2 Å². The molecule has 0 saturated heterocycles. The third-order valence-corrected chi connectivity index (χ3v) is 5.39. The number of benzene rings is 1. The van der Waals surface area contributed by atoms with Gasteiger partial charge in [-0.05, 0) is 63.1 Å². The number of hydrogen-bond donors (Lipinski definition) is 2. The number of allylic oxidation sites excluding steroid dienone is 3. The van der Waals surface area contributed by atoms with E-state index in [4.69, 9.17) is 4.98 Å². The topological polar surface area (TPSA) is 95.6 Å². The molecule has 0 spiro atoms. The molecule has 0 radical (unpaired) electrons. The number of anilines is 2. The number of nitrogens with one attached hydrogen (secondary N) is 2. The Morgan fingerprint density at radius 1 is 1.29 bits per heavy atom. The van der Waals surface area contributed by atoms with Crippen LogP contribution in [0.5, 0.6) is 0 Å². The van der Waals surface area contributed by atoms with Gasteiger partial charge in [0.05, 0.1) is 28.1 Å². The van der Waals surface area contributed by atoms with Crippen molar-refractivity contribution in [2.45, 2.75) is 26.7 Å². The fourth-order valence-corrected chi connectivity index (χ4v) is 3.32. The van der Waals surface area contributed by atoms with Crippen molar-refractivity contribution in [2.24, 2.45) is 5.41 Å². The van der Waals surface area contributed by atoms with Crippen molar-refractivity contribution in [3.05, 3.63) is 66.7 Å². The summed E-state index contributed by atoms with van der Waals surface area (Å²) in [5.74, 6) is 1.08. The average Bonchev–Trinajstić information content (AvgIpc) is 3.45. The zero-order valence-corrected chi connectivity index (χ0v) is 17.6. The summed E-state index contributed by atoms with van der Waals surface area (Å²) < 4.78 is 1.89. The molecule has 0 unspecified atom stereocenters. The van der Waals surface area contributed by atoms with E-state index in [0.717, 1.165) is 29.6 Å². The van der Waals surface area contributed by atoms with Gasteiger partial charge in [-0.25, -0.2) is 9.97 Å². The third kappa shape index (κ3) is 4.33. The molecule has 1 aliphatic carbocycles. The molecule has 7 heteroatoms. The van der Waals surface area contributed by atoms with Crippen LogP contribution in [0, 0.1) is 16.7 Å². The van der Waals surface area contributed by atoms with Crippen LogP contribution in [0.2, 0.25) is 0 Å². The number of imidazole rings is 1. The Hall–Kier alpha value is -3.92. The second-order valence-corrected chi connectivity index (χ2v) is 7.71. The van der Waals surface area contributed by atoms with E-state index in [1.807, 2.05) is 60.2 Å². The number of nitrogens with zero attached hydrogens (tertiary/aromatic N) is 4. The highest BCUT2D eigenvalue weighted by Crippen LogP contribution is 2.44. The second kappa shape index (κ2) is 8.44. The number of rotatable bonds is 8. The number of nitriles is 1. The number of ketones is 1. The number of carbonyl (C=O) groups excluding carboxylic acids is 1. The van der Waals surface area contributed by atoms with Gasteiger partial charge in [-0.2, -0.15) is 5.26 Å². The largest absolute Gasteiger partial charge is 0.368 e. The van der Waals surface area contributed by atoms with Gasteiger partial charge < -0.3 is 10.6 Å². The predicted molar refractivity (Wildman–Crippen MR) is 122 cm³/mol. The van der Waals surface area contributed by atoms with Gasteiger partial charge in [0, 0.05) is 18.4 Å². The molecule has 1 aromatic carbocycles. The number of hydrogen-bond acceptors (Lipinski definition) is 6. The van der Waals surface area contributed by atoms with Crippen molar-refractivity contribution in [1.82, 2.24) is 14.5 Å². The van der Waals surface area contributed by atoms with Gasteiger partial charge in [-0.3, -0.25) is 9.36 Å². The zero-order chi connectivity index (χ0) is 21.8. The first kappa shape index (κ1) is 20.4. The lowest BCUT2D eigenvalue weighted by Crippen LogP contribution is -2.17. The number of carbonyl (C=O) groups is 1. The Balaban J connectivity index is 1.67. The highest BCUT2D eigenvalue weighted by atomic mass is 16.1. The van der Waals surface area contributed by atoms with E-state index >= 15 is 0 Å². The van der Waals surface area contributed by atoms with Gasteiger partial charge in [0.1, 0.15) is 18.0 Å². The summed E-state index contributed by atoms with van der Waals surface area (Å²) in [6.45, 7) is 3.97. The molecule has 1 fully saturated rings. The molecule has 7 nitrogen and oxygen atoms in total. The summed E-state index contributed by atoms with van der Waals surface area (Å²) in [7, 11) is 0. The van der Waals surface area contributed by atoms with Crippen molar-refractivity contribution < 1.29 is 4.79 Å². The molecule has 0 aliphatic heterocycles. The smallest absolute Gasteiger partial charge is 0.163 e. The van der Waals surface area contributed by atoms with Gasteiger partial charge >= 0.3 is 0 Å². The van der Waals surface area contributed by atoms with Crippen molar-refractivity contribution in [1.29, 1.82) is 5.26 Å². The maximum atomic E-state index is 12.1. The lowest BCUT2D eigenvalue weighted by atomic mass is 10.1. The lowest BCUT2D eigenvalue weighted by Gasteiger charge is -2.14. The van der Waals surface area contributed by atoms with Crippen molar-refractivity contribution in [3.63, 3.8) is 0 Å². The van der Waals surface area contributed by atoms with Gasteiger partial charge in [0.25, 0.3) is 0 Å². The molecule has 2 aromatic heterocycles. The quantitative estimate of drug-likeness (QED) is 0.406. The van der Waals surface area contributed by atoms with E-state index in [1.165, 1.54) is 6.92 Å². The first-order chi connectivity index (χ1) is 15.0. The molecule has 3 aromatic rings. The van der Waals surface area contributed by atoms with Crippen molar-refractivity contribution in [2.75, 3.05) is 17.2 Å². The second-order valence-electron chi connectivity index (χ2n) is 7.71. The molecule has 31 heavy (non-hydrogen) atoms. The van der Waals surface area contributed by atoms with Gasteiger partial charge in [0.15, 0.2) is 5.78 Å². The van der Waals surface area contributed by atoms with Crippen LogP contribution in [0.3, 0.4) is 0 Å². The molecule has 4 rings (SSSR count). The van der Waals surface area contributed by atoms with Gasteiger partial charge in [-0.1, -0.05) is 12.2 Å². The maximum Gasteiger partial charge on any atom is 0.163 e. The van der Waals surface area contributed by atoms with Crippen LogP contribution in [0.25, 0.3) is 16.9 Å². The summed E-state index contributed by atoms with van der Waals surface area (Å²) in [6, 6.07) is 11.9. The van der Waals surface area contributed by atoms with Crippen LogP contribution in [0.15, 0.2) is 61.1 Å². The summed E-state index contributed by atoms with van der Waals surface area (Å²) in [5.41, 5.74) is 2.84. The summed E-state index contributed by atoms with van der Waals surface area (Å²) in [5, 5.41) is 15.8. The third-order valence-electron chi connectivity index (χ3n) is 5.39. The standard InChI is InChI=1S/C24H24N6O/c1-3-4-5-12-26-18-6-8-20-21(13-18)30(16-28-20)22-9-7-19(17(2)31)23(29-22)27-15-24(14-25)10-11-24/h3-9,12-13,16,26H,10-11,15H2,1-2H3,(H,27,29)/b4-3+,12-5?. The van der Waals surface area contributed by atoms with Crippen molar-refractivity contribution in [3.8, 4) is 11.9 Å². The van der Waals surface area contributed by atoms with Gasteiger partial charge in [-0.15, -0.1) is 0 Å². The maximum absolute atomic E-state index is 12.1. The van der Waals surface area contributed by atoms with Crippen LogP contribution >= 0.6 is 0 Å². The SMILES string of the molecule is C/C=C/C=CNc1ccc2ncn(-c3ccc(C(C)=O)c(NCC4(C#N)CC4)n3)c2c1. The molecule has 1 aliphatic rings. The fourth-order valence-electron chi connectivity index (χ4n) is 3.32. The van der Waals surface area contributed by atoms with E-state index in [0.29, 0.717) is 23.7 Å². The van der Waals surface area contributed by atoms with Crippen LogP contribution in [-0.2, 0) is 0 Å². The molecule has 2 N–H and O–H groups in total. The summed E-state index contributed by atoms with van der Waals surface area (Å²) >= 11 is 0. The minimum absolute atomic E-state index is 0.0711. The molecule has 156 valence electrons. The number of Topliss-reactive ketones (excluding diaryl/α,β-unsaturated/α-hetero) is 1. The van der Waals surface area contributed by atoms with Gasteiger partial charge in [0.2, 0.25) is 0 Å². The van der Waals surface area contributed by atoms with Crippen LogP contribution < -0.4 is 10.6 Å². The molecule has 2 heterocycles. The Bertz CT molecular complexity index is 1230. The lowest BCUT2D eigenvalue weighted by molar-refractivity contribution is 0.101. The number of pyridine rings is 1. The molecule has 0 atom stereocenters. The molecular weight excluding hydrogens is 388 g/mol. The number of fused-ring (bicyclic) bond motifs is 1. The fraction of sp³-hybridized carbons (Fsp3) is 0.250. The predicted octanol–water partition coefficient (Wildman–Crippen LogP) is 4.84. The molecular formula is C24H24N6O. The number of aromatic nitrogens is 3. The Kier molecular flexibility index (Phi) is 5.54. The van der Waals surface area contributed by atoms with Crippen molar-refractivity contribution >= 4 is 28.3 Å². The monoisotopic (exact) mass is 412 g/mol. The minimum atomic E-state index is -0.339. The Labute approximate surface area is 181 Å². The molecule has 0 bridgehead atoms. The summed E-state index contributed by atoms with van der Waals surface area (Å²) in [6.07, 6.45) is 11.2. The van der Waals surface area contributed by atoms with E-state index in [9.17, 15) is 10.1 Å². The van der Waals surface area contributed by atoms with E-state index in [1.54, 1.807) is 12.4 Å². The zero-order valence-electron chi connectivity index (χ0n) is 17.6. The minimum Gasteiger partial charge on any atom is -0.368 e. The Morgan fingerprint density at radius 2 is 2.13 bits per heavy atom. The highest BCUT2D eigenvalue weighted by molar-refractivity contribution is 5.99. The normalized spacial score (nSPS) is 14.7. The highest BCUT2D eigenvalue weighted by Gasteiger charge is 2.43. The first-order valence-electron chi connectivity index (χ1n) is 10.2.